The Kier molecular flexibility index (Phi) is 3.43. The average Bonchev–Trinajstić information content (AvgIpc) is 2.68. The molecule has 7 heteroatoms. The molecule has 2 rings (SSSR count). The van der Waals surface area contributed by atoms with Crippen LogP contribution in [0.3, 0.4) is 0 Å². The van der Waals surface area contributed by atoms with E-state index in [4.69, 9.17) is 21.9 Å². The summed E-state index contributed by atoms with van der Waals surface area (Å²) >= 11 is 5.96. The quantitative estimate of drug-likeness (QED) is 0.861. The maximum Gasteiger partial charge on any atom is 0.228 e. The van der Waals surface area contributed by atoms with Gasteiger partial charge in [-0.1, -0.05) is 16.8 Å². The van der Waals surface area contributed by atoms with E-state index in [9.17, 15) is 0 Å². The van der Waals surface area contributed by atoms with Crippen molar-refractivity contribution in [2.24, 2.45) is 0 Å². The van der Waals surface area contributed by atoms with Crippen LogP contribution in [0.5, 0.6) is 0 Å². The van der Waals surface area contributed by atoms with E-state index in [0.717, 1.165) is 0 Å². The molecule has 6 nitrogen and oxygen atoms in total. The standard InChI is InChI=1S/C10H12ClN5O/c1-6-15-9(17-16-6)2-3-13-10-8(11)4-7(12)5-14-10/h4-5H,2-3,12H2,1H3,(H,13,14). The van der Waals surface area contributed by atoms with Crippen LogP contribution in [-0.4, -0.2) is 21.7 Å². The van der Waals surface area contributed by atoms with Gasteiger partial charge in [0.25, 0.3) is 0 Å². The molecule has 17 heavy (non-hydrogen) atoms. The van der Waals surface area contributed by atoms with E-state index in [1.54, 1.807) is 19.2 Å². The van der Waals surface area contributed by atoms with Crippen molar-refractivity contribution in [2.45, 2.75) is 13.3 Å². The van der Waals surface area contributed by atoms with Crippen LogP contribution < -0.4 is 11.1 Å². The number of nitrogens with two attached hydrogens (primary N) is 1. The fourth-order valence-electron chi connectivity index (χ4n) is 1.31. The molecule has 0 unspecified atom stereocenters. The summed E-state index contributed by atoms with van der Waals surface area (Å²) in [6.07, 6.45) is 2.16. The van der Waals surface area contributed by atoms with Crippen molar-refractivity contribution in [2.75, 3.05) is 17.6 Å². The van der Waals surface area contributed by atoms with Gasteiger partial charge < -0.3 is 15.6 Å². The predicted molar refractivity (Wildman–Crippen MR) is 64.9 cm³/mol. The average molecular weight is 254 g/mol. The van der Waals surface area contributed by atoms with Crippen molar-refractivity contribution in [1.29, 1.82) is 0 Å². The summed E-state index contributed by atoms with van der Waals surface area (Å²) in [6.45, 7) is 2.39. The first-order valence-corrected chi connectivity index (χ1v) is 5.47. The highest BCUT2D eigenvalue weighted by molar-refractivity contribution is 6.33. The van der Waals surface area contributed by atoms with E-state index in [1.165, 1.54) is 0 Å². The highest BCUT2D eigenvalue weighted by Crippen LogP contribution is 2.20. The van der Waals surface area contributed by atoms with Gasteiger partial charge in [-0.05, 0) is 13.0 Å². The number of hydrogen-bond acceptors (Lipinski definition) is 6. The lowest BCUT2D eigenvalue weighted by atomic mass is 10.4. The number of halogens is 1. The molecule has 2 aromatic heterocycles. The number of nitrogens with one attached hydrogen (secondary N) is 1. The molecule has 2 aromatic rings. The van der Waals surface area contributed by atoms with E-state index in [0.29, 0.717) is 41.2 Å². The molecule has 0 spiro atoms. The predicted octanol–water partition coefficient (Wildman–Crippen LogP) is 1.66. The second-order valence-electron chi connectivity index (χ2n) is 3.51. The summed E-state index contributed by atoms with van der Waals surface area (Å²) in [4.78, 5) is 8.17. The fraction of sp³-hybridized carbons (Fsp3) is 0.300. The SMILES string of the molecule is Cc1noc(CCNc2ncc(N)cc2Cl)n1. The molecule has 0 aliphatic rings. The van der Waals surface area contributed by atoms with Gasteiger partial charge in [0.1, 0.15) is 5.82 Å². The molecule has 0 bridgehead atoms. The van der Waals surface area contributed by atoms with Gasteiger partial charge in [0.15, 0.2) is 5.82 Å². The topological polar surface area (TPSA) is 89.9 Å². The molecule has 0 aromatic carbocycles. The Balaban J connectivity index is 1.90. The third-order valence-electron chi connectivity index (χ3n) is 2.06. The van der Waals surface area contributed by atoms with Crippen LogP contribution in [0.1, 0.15) is 11.7 Å². The van der Waals surface area contributed by atoms with Crippen LogP contribution in [0.15, 0.2) is 16.8 Å². The highest BCUT2D eigenvalue weighted by atomic mass is 35.5. The van der Waals surface area contributed by atoms with Gasteiger partial charge >= 0.3 is 0 Å². The second-order valence-corrected chi connectivity index (χ2v) is 3.92. The maximum atomic E-state index is 5.96. The van der Waals surface area contributed by atoms with Gasteiger partial charge in [-0.3, -0.25) is 0 Å². The van der Waals surface area contributed by atoms with Gasteiger partial charge in [-0.15, -0.1) is 0 Å². The first-order valence-electron chi connectivity index (χ1n) is 5.09. The van der Waals surface area contributed by atoms with Crippen molar-refractivity contribution in [1.82, 2.24) is 15.1 Å². The molecule has 0 amide bonds. The van der Waals surface area contributed by atoms with E-state index < -0.39 is 0 Å². The Morgan fingerprint density at radius 3 is 3.00 bits per heavy atom. The Hall–Kier alpha value is -1.82. The summed E-state index contributed by atoms with van der Waals surface area (Å²) in [6, 6.07) is 1.65. The maximum absolute atomic E-state index is 5.96. The molecule has 0 saturated carbocycles. The first-order chi connectivity index (χ1) is 8.15. The lowest BCUT2D eigenvalue weighted by Crippen LogP contribution is -2.07. The summed E-state index contributed by atoms with van der Waals surface area (Å²) < 4.78 is 4.98. The largest absolute Gasteiger partial charge is 0.397 e. The number of hydrogen-bond donors (Lipinski definition) is 2. The molecular weight excluding hydrogens is 242 g/mol. The molecule has 0 atom stereocenters. The molecular formula is C10H12ClN5O. The zero-order valence-electron chi connectivity index (χ0n) is 9.27. The van der Waals surface area contributed by atoms with E-state index in [2.05, 4.69) is 20.4 Å². The number of nitrogens with zero attached hydrogens (tertiary/aromatic N) is 3. The minimum atomic E-state index is 0.492. The van der Waals surface area contributed by atoms with Crippen LogP contribution in [0.4, 0.5) is 11.5 Å². The summed E-state index contributed by atoms with van der Waals surface area (Å²) in [7, 11) is 0. The molecule has 0 aliphatic heterocycles. The van der Waals surface area contributed by atoms with Crippen molar-refractivity contribution >= 4 is 23.1 Å². The molecule has 0 radical (unpaired) electrons. The second kappa shape index (κ2) is 5.01. The normalized spacial score (nSPS) is 10.5. The number of aromatic nitrogens is 3. The lowest BCUT2D eigenvalue weighted by molar-refractivity contribution is 0.377. The van der Waals surface area contributed by atoms with Crippen molar-refractivity contribution in [3.8, 4) is 0 Å². The highest BCUT2D eigenvalue weighted by Gasteiger charge is 2.04. The van der Waals surface area contributed by atoms with Gasteiger partial charge in [0, 0.05) is 13.0 Å². The molecule has 0 aliphatic carbocycles. The molecule has 0 saturated heterocycles. The Morgan fingerprint density at radius 2 is 2.35 bits per heavy atom. The lowest BCUT2D eigenvalue weighted by Gasteiger charge is -2.05. The van der Waals surface area contributed by atoms with Gasteiger partial charge in [0.2, 0.25) is 5.89 Å². The van der Waals surface area contributed by atoms with E-state index >= 15 is 0 Å². The van der Waals surface area contributed by atoms with Crippen LogP contribution in [-0.2, 0) is 6.42 Å². The number of aryl methyl sites for hydroxylation is 1. The number of anilines is 2. The van der Waals surface area contributed by atoms with Gasteiger partial charge in [-0.2, -0.15) is 4.98 Å². The van der Waals surface area contributed by atoms with Gasteiger partial charge in [0.05, 0.1) is 16.9 Å². The zero-order valence-corrected chi connectivity index (χ0v) is 10.0. The van der Waals surface area contributed by atoms with Crippen LogP contribution in [0, 0.1) is 6.92 Å². The summed E-state index contributed by atoms with van der Waals surface area (Å²) in [5.41, 5.74) is 6.08. The van der Waals surface area contributed by atoms with Crippen LogP contribution in [0.25, 0.3) is 0 Å². The third kappa shape index (κ3) is 3.07. The number of nitrogen functional groups attached to an aromatic ring is 1. The zero-order chi connectivity index (χ0) is 12.3. The first kappa shape index (κ1) is 11.7. The minimum absolute atomic E-state index is 0.492. The molecule has 0 fully saturated rings. The molecule has 3 N–H and O–H groups in total. The van der Waals surface area contributed by atoms with Crippen molar-refractivity contribution in [3.05, 3.63) is 29.0 Å². The third-order valence-corrected chi connectivity index (χ3v) is 2.35. The minimum Gasteiger partial charge on any atom is -0.397 e. The van der Waals surface area contributed by atoms with Crippen molar-refractivity contribution < 1.29 is 4.52 Å². The van der Waals surface area contributed by atoms with E-state index in [-0.39, 0.29) is 0 Å². The summed E-state index contributed by atoms with van der Waals surface area (Å²) in [5.74, 6) is 1.81. The van der Waals surface area contributed by atoms with Crippen LogP contribution in [0.2, 0.25) is 5.02 Å². The van der Waals surface area contributed by atoms with Crippen molar-refractivity contribution in [3.63, 3.8) is 0 Å². The van der Waals surface area contributed by atoms with Crippen LogP contribution >= 0.6 is 11.6 Å². The Morgan fingerprint density at radius 1 is 1.53 bits per heavy atom. The fourth-order valence-corrected chi connectivity index (χ4v) is 1.55. The monoisotopic (exact) mass is 253 g/mol. The molecule has 90 valence electrons. The Bertz CT molecular complexity index is 513. The van der Waals surface area contributed by atoms with Gasteiger partial charge in [-0.25, -0.2) is 4.98 Å². The van der Waals surface area contributed by atoms with E-state index in [1.807, 2.05) is 0 Å². The number of rotatable bonds is 4. The molecule has 2 heterocycles. The summed E-state index contributed by atoms with van der Waals surface area (Å²) in [5, 5.41) is 7.26. The Labute approximate surface area is 103 Å². The number of pyridine rings is 1. The smallest absolute Gasteiger partial charge is 0.228 e.